The highest BCUT2D eigenvalue weighted by atomic mass is 19.1. The summed E-state index contributed by atoms with van der Waals surface area (Å²) in [5.41, 5.74) is 2.07. The molecule has 5 rings (SSSR count). The van der Waals surface area contributed by atoms with Gasteiger partial charge in [0.1, 0.15) is 12.4 Å². The monoisotopic (exact) mass is 551 g/mol. The van der Waals surface area contributed by atoms with Crippen molar-refractivity contribution in [1.29, 1.82) is 0 Å². The van der Waals surface area contributed by atoms with Gasteiger partial charge in [-0.3, -0.25) is 19.8 Å². The Kier molecular flexibility index (Phi) is 9.28. The number of carbonyl (C=O) groups is 3. The number of nitrogens with zero attached hydrogens (tertiary/aromatic N) is 2. The third-order valence-corrected chi connectivity index (χ3v) is 8.25. The third-order valence-electron chi connectivity index (χ3n) is 8.25. The molecule has 0 spiro atoms. The number of alkyl carbamates (subject to hydrolysis) is 1. The summed E-state index contributed by atoms with van der Waals surface area (Å²) >= 11 is 0. The second-order valence-corrected chi connectivity index (χ2v) is 10.9. The molecule has 0 radical (unpaired) electrons. The van der Waals surface area contributed by atoms with Gasteiger partial charge in [-0.1, -0.05) is 36.4 Å². The number of piperidine rings is 2. The normalized spacial score (nSPS) is 21.5. The molecule has 10 heteroatoms. The number of anilines is 1. The summed E-state index contributed by atoms with van der Waals surface area (Å²) < 4.78 is 20.7. The van der Waals surface area contributed by atoms with Crippen molar-refractivity contribution in [2.24, 2.45) is 5.92 Å². The average molecular weight is 552 g/mol. The summed E-state index contributed by atoms with van der Waals surface area (Å²) in [4.78, 5) is 40.7. The lowest BCUT2D eigenvalue weighted by Gasteiger charge is -2.40. The van der Waals surface area contributed by atoms with Crippen LogP contribution in [0.4, 0.5) is 14.9 Å². The quantitative estimate of drug-likeness (QED) is 0.434. The molecular weight excluding hydrogens is 513 g/mol. The van der Waals surface area contributed by atoms with Crippen LogP contribution in [0, 0.1) is 11.7 Å². The first-order chi connectivity index (χ1) is 19.5. The van der Waals surface area contributed by atoms with Crippen LogP contribution in [0.3, 0.4) is 0 Å². The van der Waals surface area contributed by atoms with Crippen LogP contribution in [0.15, 0.2) is 48.5 Å². The van der Waals surface area contributed by atoms with Gasteiger partial charge >= 0.3 is 6.09 Å². The molecule has 2 aromatic carbocycles. The van der Waals surface area contributed by atoms with E-state index in [0.29, 0.717) is 36.7 Å². The molecule has 3 N–H and O–H groups in total. The SMILES string of the molecule is O=C1CCC(c2ccc(N3CCN(CC(NC(=O)OCc4ccccc4)C4CCNCC4)CC3)c(F)c2)C(=O)N1. The summed E-state index contributed by atoms with van der Waals surface area (Å²) in [6, 6.07) is 14.6. The van der Waals surface area contributed by atoms with Gasteiger partial charge < -0.3 is 20.3 Å². The van der Waals surface area contributed by atoms with E-state index in [9.17, 15) is 14.4 Å². The van der Waals surface area contributed by atoms with Crippen LogP contribution in [0.2, 0.25) is 0 Å². The highest BCUT2D eigenvalue weighted by Gasteiger charge is 2.31. The van der Waals surface area contributed by atoms with Crippen LogP contribution in [0.5, 0.6) is 0 Å². The number of imide groups is 1. The van der Waals surface area contributed by atoms with Gasteiger partial charge in [-0.15, -0.1) is 0 Å². The van der Waals surface area contributed by atoms with Crippen molar-refractivity contribution < 1.29 is 23.5 Å². The molecule has 0 aliphatic carbocycles. The van der Waals surface area contributed by atoms with E-state index in [1.54, 1.807) is 12.1 Å². The van der Waals surface area contributed by atoms with Gasteiger partial charge in [-0.2, -0.15) is 0 Å². The van der Waals surface area contributed by atoms with Crippen LogP contribution in [-0.4, -0.2) is 74.7 Å². The molecule has 0 aromatic heterocycles. The van der Waals surface area contributed by atoms with Crippen molar-refractivity contribution in [1.82, 2.24) is 20.9 Å². The zero-order valence-electron chi connectivity index (χ0n) is 22.7. The molecule has 3 fully saturated rings. The Balaban J connectivity index is 1.16. The van der Waals surface area contributed by atoms with Gasteiger partial charge in [-0.05, 0) is 61.5 Å². The molecule has 0 bridgehead atoms. The average Bonchev–Trinajstić information content (AvgIpc) is 2.97. The van der Waals surface area contributed by atoms with E-state index in [0.717, 1.165) is 51.1 Å². The number of benzene rings is 2. The first-order valence-electron chi connectivity index (χ1n) is 14.2. The van der Waals surface area contributed by atoms with Crippen molar-refractivity contribution in [2.75, 3.05) is 50.7 Å². The number of piperazine rings is 1. The lowest BCUT2D eigenvalue weighted by molar-refractivity contribution is -0.134. The van der Waals surface area contributed by atoms with Crippen molar-refractivity contribution in [2.45, 2.75) is 44.2 Å². The summed E-state index contributed by atoms with van der Waals surface area (Å²) in [5.74, 6) is -1.14. The Morgan fingerprint density at radius 2 is 1.77 bits per heavy atom. The molecule has 0 saturated carbocycles. The van der Waals surface area contributed by atoms with Gasteiger partial charge in [0, 0.05) is 45.2 Å². The summed E-state index contributed by atoms with van der Waals surface area (Å²) in [6.45, 7) is 5.63. The van der Waals surface area contributed by atoms with E-state index >= 15 is 4.39 Å². The maximum Gasteiger partial charge on any atom is 0.407 e. The fourth-order valence-corrected chi connectivity index (χ4v) is 5.93. The first-order valence-corrected chi connectivity index (χ1v) is 14.2. The van der Waals surface area contributed by atoms with E-state index in [2.05, 4.69) is 20.9 Å². The third kappa shape index (κ3) is 7.17. The van der Waals surface area contributed by atoms with Crippen molar-refractivity contribution in [3.8, 4) is 0 Å². The number of halogens is 1. The summed E-state index contributed by atoms with van der Waals surface area (Å²) in [7, 11) is 0. The Bertz CT molecular complexity index is 1180. The molecule has 3 amide bonds. The number of nitrogens with one attached hydrogen (secondary N) is 3. The second-order valence-electron chi connectivity index (χ2n) is 10.9. The van der Waals surface area contributed by atoms with Crippen LogP contribution < -0.4 is 20.9 Å². The van der Waals surface area contributed by atoms with E-state index in [1.807, 2.05) is 35.2 Å². The fraction of sp³-hybridized carbons (Fsp3) is 0.500. The van der Waals surface area contributed by atoms with E-state index in [1.165, 1.54) is 6.07 Å². The molecule has 214 valence electrons. The maximum absolute atomic E-state index is 15.2. The minimum atomic E-state index is -0.503. The minimum absolute atomic E-state index is 0.0264. The van der Waals surface area contributed by atoms with E-state index in [-0.39, 0.29) is 36.7 Å². The summed E-state index contributed by atoms with van der Waals surface area (Å²) in [5, 5.41) is 8.88. The second kappa shape index (κ2) is 13.2. The molecule has 3 aliphatic rings. The zero-order chi connectivity index (χ0) is 27.9. The molecule has 3 saturated heterocycles. The van der Waals surface area contributed by atoms with E-state index < -0.39 is 12.0 Å². The minimum Gasteiger partial charge on any atom is -0.445 e. The molecule has 2 atom stereocenters. The predicted molar refractivity (Wildman–Crippen MR) is 149 cm³/mol. The Morgan fingerprint density at radius 3 is 2.48 bits per heavy atom. The molecule has 2 unspecified atom stereocenters. The van der Waals surface area contributed by atoms with Crippen LogP contribution in [-0.2, 0) is 20.9 Å². The highest BCUT2D eigenvalue weighted by molar-refractivity contribution is 6.00. The van der Waals surface area contributed by atoms with Crippen molar-refractivity contribution >= 4 is 23.6 Å². The molecule has 3 aliphatic heterocycles. The molecular formula is C30H38FN5O4. The Hall–Kier alpha value is -3.50. The van der Waals surface area contributed by atoms with Gasteiger partial charge in [-0.25, -0.2) is 9.18 Å². The number of rotatable bonds is 8. The lowest BCUT2D eigenvalue weighted by atomic mass is 9.89. The standard InChI is InChI=1S/C30H38FN5O4/c31-25-18-23(24-7-9-28(37)34-29(24)38)6-8-27(25)36-16-14-35(15-17-36)19-26(22-10-12-32-13-11-22)33-30(39)40-20-21-4-2-1-3-5-21/h1-6,8,18,22,24,26,32H,7,9-17,19-20H2,(H,33,39)(H,34,37,38). The predicted octanol–water partition coefficient (Wildman–Crippen LogP) is 2.76. The molecule has 40 heavy (non-hydrogen) atoms. The van der Waals surface area contributed by atoms with Crippen LogP contribution >= 0.6 is 0 Å². The number of ether oxygens (including phenoxy) is 1. The summed E-state index contributed by atoms with van der Waals surface area (Å²) in [6.07, 6.45) is 2.25. The van der Waals surface area contributed by atoms with Gasteiger partial charge in [0.05, 0.1) is 11.6 Å². The Labute approximate surface area is 234 Å². The molecule has 3 heterocycles. The molecule has 9 nitrogen and oxygen atoms in total. The number of hydrogen-bond donors (Lipinski definition) is 3. The van der Waals surface area contributed by atoms with Gasteiger partial charge in [0.2, 0.25) is 11.8 Å². The highest BCUT2D eigenvalue weighted by Crippen LogP contribution is 2.29. The van der Waals surface area contributed by atoms with E-state index in [4.69, 9.17) is 4.74 Å². The maximum atomic E-state index is 15.2. The topological polar surface area (TPSA) is 103 Å². The lowest BCUT2D eigenvalue weighted by Crippen LogP contribution is -2.54. The van der Waals surface area contributed by atoms with Gasteiger partial charge in [0.25, 0.3) is 0 Å². The largest absolute Gasteiger partial charge is 0.445 e. The van der Waals surface area contributed by atoms with Crippen molar-refractivity contribution in [3.63, 3.8) is 0 Å². The molecule has 2 aromatic rings. The fourth-order valence-electron chi connectivity index (χ4n) is 5.93. The zero-order valence-corrected chi connectivity index (χ0v) is 22.7. The van der Waals surface area contributed by atoms with Crippen LogP contribution in [0.1, 0.15) is 42.7 Å². The van der Waals surface area contributed by atoms with Gasteiger partial charge in [0.15, 0.2) is 0 Å². The van der Waals surface area contributed by atoms with Crippen molar-refractivity contribution in [3.05, 3.63) is 65.5 Å². The number of amides is 3. The number of hydrogen-bond acceptors (Lipinski definition) is 7. The first kappa shape index (κ1) is 28.0. The number of carbonyl (C=O) groups excluding carboxylic acids is 3. The smallest absolute Gasteiger partial charge is 0.407 e. The van der Waals surface area contributed by atoms with Crippen LogP contribution in [0.25, 0.3) is 0 Å². The Morgan fingerprint density at radius 1 is 1.02 bits per heavy atom.